The lowest BCUT2D eigenvalue weighted by Gasteiger charge is -2.28. The molecule has 21 heavy (non-hydrogen) atoms. The van der Waals surface area contributed by atoms with Gasteiger partial charge in [-0.15, -0.1) is 12.4 Å². The van der Waals surface area contributed by atoms with Crippen molar-refractivity contribution in [1.82, 2.24) is 5.32 Å². The van der Waals surface area contributed by atoms with E-state index in [0.717, 1.165) is 44.1 Å². The Bertz CT molecular complexity index is 519. The van der Waals surface area contributed by atoms with Crippen molar-refractivity contribution in [3.63, 3.8) is 0 Å². The molecule has 0 bridgehead atoms. The molecule has 2 aliphatic rings. The quantitative estimate of drug-likeness (QED) is 0.901. The van der Waals surface area contributed by atoms with Crippen LogP contribution in [0.5, 0.6) is 0 Å². The summed E-state index contributed by atoms with van der Waals surface area (Å²) >= 11 is 0. The monoisotopic (exact) mass is 312 g/mol. The van der Waals surface area contributed by atoms with E-state index in [-0.39, 0.29) is 41.6 Å². The molecule has 0 aromatic heterocycles. The number of carbonyl (C=O) groups is 1. The second-order valence-electron chi connectivity index (χ2n) is 6.21. The Hall–Kier alpha value is -1.13. The molecule has 116 valence electrons. The molecule has 0 aliphatic heterocycles. The molecule has 0 spiro atoms. The van der Waals surface area contributed by atoms with Crippen molar-refractivity contribution in [3.8, 4) is 0 Å². The zero-order valence-corrected chi connectivity index (χ0v) is 12.8. The first-order chi connectivity index (χ1) is 9.59. The highest BCUT2D eigenvalue weighted by atomic mass is 35.5. The number of hydrogen-bond donors (Lipinski definition) is 2. The van der Waals surface area contributed by atoms with E-state index in [9.17, 15) is 9.18 Å². The van der Waals surface area contributed by atoms with Crippen LogP contribution in [0.25, 0.3) is 0 Å². The molecule has 0 saturated heterocycles. The Morgan fingerprint density at radius 3 is 2.71 bits per heavy atom. The maximum Gasteiger partial charge on any atom is 0.223 e. The van der Waals surface area contributed by atoms with Gasteiger partial charge < -0.3 is 11.1 Å². The molecule has 2 atom stereocenters. The first-order valence-corrected chi connectivity index (χ1v) is 7.43. The molecule has 1 aromatic rings. The molecule has 3 nitrogen and oxygen atoms in total. The van der Waals surface area contributed by atoms with Crippen LogP contribution in [0.15, 0.2) is 24.3 Å². The predicted octanol–water partition coefficient (Wildman–Crippen LogP) is 2.87. The maximum atomic E-state index is 13.3. The smallest absolute Gasteiger partial charge is 0.223 e. The molecule has 2 aliphatic carbocycles. The van der Waals surface area contributed by atoms with Crippen LogP contribution >= 0.6 is 12.4 Å². The third-order valence-electron chi connectivity index (χ3n) is 4.58. The largest absolute Gasteiger partial charge is 0.346 e. The van der Waals surface area contributed by atoms with Crippen LogP contribution in [0.4, 0.5) is 4.39 Å². The summed E-state index contributed by atoms with van der Waals surface area (Å²) in [5.41, 5.74) is 6.49. The van der Waals surface area contributed by atoms with Crippen molar-refractivity contribution in [2.24, 2.45) is 11.7 Å². The Labute approximate surface area is 130 Å². The minimum Gasteiger partial charge on any atom is -0.346 e. The molecular formula is C16H22ClFN2O. The van der Waals surface area contributed by atoms with Crippen LogP contribution in [0.2, 0.25) is 0 Å². The maximum absolute atomic E-state index is 13.3. The molecule has 3 N–H and O–H groups in total. The molecule has 1 amide bonds. The second-order valence-corrected chi connectivity index (χ2v) is 6.21. The van der Waals surface area contributed by atoms with E-state index < -0.39 is 0 Å². The third-order valence-corrected chi connectivity index (χ3v) is 4.58. The molecule has 0 heterocycles. The lowest BCUT2D eigenvalue weighted by Crippen LogP contribution is -2.42. The van der Waals surface area contributed by atoms with Gasteiger partial charge in [0.25, 0.3) is 0 Å². The normalized spacial score (nSPS) is 26.6. The fraction of sp³-hybridized carbons (Fsp3) is 0.562. The number of halogens is 2. The summed E-state index contributed by atoms with van der Waals surface area (Å²) in [6, 6.07) is 6.70. The van der Waals surface area contributed by atoms with E-state index in [1.165, 1.54) is 12.1 Å². The second kappa shape index (κ2) is 6.32. The van der Waals surface area contributed by atoms with Crippen LogP contribution in [0, 0.1) is 11.7 Å². The number of carbonyl (C=O) groups excluding carboxylic acids is 1. The first-order valence-electron chi connectivity index (χ1n) is 7.43. The standard InChI is InChI=1S/C16H21FN2O.ClH/c17-13-5-2-4-12(10-13)16(7-8-16)19-15(20)11-3-1-6-14(18)9-11;/h2,4-5,10-11,14H,1,3,6-9,18H2,(H,19,20);1H. The van der Waals surface area contributed by atoms with Gasteiger partial charge in [0.2, 0.25) is 5.91 Å². The van der Waals surface area contributed by atoms with E-state index in [1.54, 1.807) is 6.07 Å². The SMILES string of the molecule is Cl.NC1CCCC(C(=O)NC2(c3cccc(F)c3)CC2)C1. The Morgan fingerprint density at radius 2 is 2.10 bits per heavy atom. The number of nitrogens with one attached hydrogen (secondary N) is 1. The molecule has 2 fully saturated rings. The predicted molar refractivity (Wildman–Crippen MR) is 82.6 cm³/mol. The molecular weight excluding hydrogens is 291 g/mol. The molecule has 3 rings (SSSR count). The van der Waals surface area contributed by atoms with Crippen LogP contribution < -0.4 is 11.1 Å². The van der Waals surface area contributed by atoms with Gasteiger partial charge in [0.1, 0.15) is 5.82 Å². The third kappa shape index (κ3) is 3.55. The van der Waals surface area contributed by atoms with Gasteiger partial charge in [0.15, 0.2) is 0 Å². The number of nitrogens with two attached hydrogens (primary N) is 1. The number of hydrogen-bond acceptors (Lipinski definition) is 2. The highest BCUT2D eigenvalue weighted by molar-refractivity contribution is 5.85. The zero-order chi connectivity index (χ0) is 14.2. The van der Waals surface area contributed by atoms with Crippen molar-refractivity contribution in [2.45, 2.75) is 50.1 Å². The molecule has 1 aromatic carbocycles. The van der Waals surface area contributed by atoms with Crippen LogP contribution in [0.3, 0.4) is 0 Å². The zero-order valence-electron chi connectivity index (χ0n) is 12.0. The first kappa shape index (κ1) is 16.2. The molecule has 2 unspecified atom stereocenters. The van der Waals surface area contributed by atoms with E-state index in [4.69, 9.17) is 5.73 Å². The van der Waals surface area contributed by atoms with Crippen LogP contribution in [-0.4, -0.2) is 11.9 Å². The van der Waals surface area contributed by atoms with Gasteiger partial charge in [-0.3, -0.25) is 4.79 Å². The van der Waals surface area contributed by atoms with Gasteiger partial charge in [-0.05, 0) is 49.8 Å². The number of benzene rings is 1. The van der Waals surface area contributed by atoms with Gasteiger partial charge in [-0.25, -0.2) is 4.39 Å². The van der Waals surface area contributed by atoms with Crippen LogP contribution in [-0.2, 0) is 10.3 Å². The minimum absolute atomic E-state index is 0. The van der Waals surface area contributed by atoms with Gasteiger partial charge in [-0.1, -0.05) is 18.6 Å². The summed E-state index contributed by atoms with van der Waals surface area (Å²) in [6.07, 6.45) is 5.50. The van der Waals surface area contributed by atoms with Crippen molar-refractivity contribution in [2.75, 3.05) is 0 Å². The van der Waals surface area contributed by atoms with Gasteiger partial charge in [-0.2, -0.15) is 0 Å². The number of amides is 1. The van der Waals surface area contributed by atoms with Gasteiger partial charge in [0, 0.05) is 12.0 Å². The Balaban J connectivity index is 0.00000161. The van der Waals surface area contributed by atoms with Crippen molar-refractivity contribution in [1.29, 1.82) is 0 Å². The van der Waals surface area contributed by atoms with E-state index in [0.29, 0.717) is 0 Å². The number of rotatable bonds is 3. The summed E-state index contributed by atoms with van der Waals surface area (Å²) in [6.45, 7) is 0. The topological polar surface area (TPSA) is 55.1 Å². The van der Waals surface area contributed by atoms with E-state index >= 15 is 0 Å². The lowest BCUT2D eigenvalue weighted by molar-refractivity contribution is -0.127. The summed E-state index contributed by atoms with van der Waals surface area (Å²) in [7, 11) is 0. The van der Waals surface area contributed by atoms with Crippen molar-refractivity contribution < 1.29 is 9.18 Å². The highest BCUT2D eigenvalue weighted by Crippen LogP contribution is 2.46. The fourth-order valence-electron chi connectivity index (χ4n) is 3.20. The summed E-state index contributed by atoms with van der Waals surface area (Å²) < 4.78 is 13.3. The van der Waals surface area contributed by atoms with E-state index in [2.05, 4.69) is 5.32 Å². The summed E-state index contributed by atoms with van der Waals surface area (Å²) in [5.74, 6) is -0.144. The Morgan fingerprint density at radius 1 is 1.33 bits per heavy atom. The van der Waals surface area contributed by atoms with Gasteiger partial charge in [0.05, 0.1) is 5.54 Å². The molecule has 0 radical (unpaired) electrons. The van der Waals surface area contributed by atoms with Crippen molar-refractivity contribution in [3.05, 3.63) is 35.6 Å². The summed E-state index contributed by atoms with van der Waals surface area (Å²) in [4.78, 5) is 12.4. The minimum atomic E-state index is -0.333. The lowest BCUT2D eigenvalue weighted by atomic mass is 9.85. The van der Waals surface area contributed by atoms with Crippen LogP contribution in [0.1, 0.15) is 44.1 Å². The van der Waals surface area contributed by atoms with E-state index in [1.807, 2.05) is 6.07 Å². The molecule has 5 heteroatoms. The average Bonchev–Trinajstić information content (AvgIpc) is 3.20. The fourth-order valence-corrected chi connectivity index (χ4v) is 3.20. The van der Waals surface area contributed by atoms with Crippen molar-refractivity contribution >= 4 is 18.3 Å². The summed E-state index contributed by atoms with van der Waals surface area (Å²) in [5, 5.41) is 3.14. The highest BCUT2D eigenvalue weighted by Gasteiger charge is 2.46. The Kier molecular flexibility index (Phi) is 4.89. The molecule has 2 saturated carbocycles. The average molecular weight is 313 g/mol. The van der Waals surface area contributed by atoms with Gasteiger partial charge >= 0.3 is 0 Å².